The minimum absolute atomic E-state index is 0.146. The van der Waals surface area contributed by atoms with Gasteiger partial charge in [0.1, 0.15) is 18.5 Å². The number of nitrogens with two attached hydrogens (primary N) is 2. The molecule has 0 fully saturated rings. The van der Waals surface area contributed by atoms with Gasteiger partial charge < -0.3 is 56.5 Å². The van der Waals surface area contributed by atoms with Crippen molar-refractivity contribution in [1.29, 1.82) is 0 Å². The van der Waals surface area contributed by atoms with Crippen molar-refractivity contribution >= 4 is 73.7 Å². The molecule has 12 N–H and O–H groups in total. The summed E-state index contributed by atoms with van der Waals surface area (Å²) >= 11 is 2.58. The zero-order valence-electron chi connectivity index (χ0n) is 61.6. The Morgan fingerprint density at radius 3 is 1.39 bits per heavy atom. The van der Waals surface area contributed by atoms with Gasteiger partial charge in [0.15, 0.2) is 40.2 Å². The zero-order chi connectivity index (χ0) is 72.7. The molecule has 6 unspecified atom stereocenters. The van der Waals surface area contributed by atoms with Gasteiger partial charge in [-0.05, 0) is 69.8 Å². The minimum Gasteiger partial charge on any atom is -0.463 e. The topological polar surface area (TPSA) is 343 Å². The summed E-state index contributed by atoms with van der Waals surface area (Å²) in [4.78, 5) is 57.2. The molecule has 1 aromatic carbocycles. The van der Waals surface area contributed by atoms with E-state index in [1.165, 1.54) is 152 Å². The van der Waals surface area contributed by atoms with Gasteiger partial charge in [0.05, 0.1) is 56.0 Å². The van der Waals surface area contributed by atoms with Gasteiger partial charge in [0, 0.05) is 37.4 Å². The number of unbranched alkanes of at least 4 members (excludes halogenated alkanes) is 20. The molecule has 0 aliphatic carbocycles. The maximum absolute atomic E-state index is 11.5. The monoisotopic (exact) mass is 1400 g/mol. The number of thioether (sulfide) groups is 2. The number of aliphatic hydroxyl groups is 7. The van der Waals surface area contributed by atoms with Crippen LogP contribution in [0.2, 0.25) is 0 Å². The number of esters is 1. The average molecular weight is 1410 g/mol. The molecule has 0 radical (unpaired) electrons. The molecule has 0 aliphatic rings. The summed E-state index contributed by atoms with van der Waals surface area (Å²) in [7, 11) is 0. The van der Waals surface area contributed by atoms with Gasteiger partial charge in [-0.25, -0.2) is 19.5 Å². The number of hydrogen-bond donors (Lipinski definition) is 10. The first-order valence-electron chi connectivity index (χ1n) is 36.9. The molecule has 0 amide bonds. The number of H-pyrrole nitrogens is 1. The number of nitrogen functional groups attached to an aromatic ring is 2. The molecule has 5 aromatic rings. The van der Waals surface area contributed by atoms with Gasteiger partial charge in [0.25, 0.3) is 0 Å². The van der Waals surface area contributed by atoms with Gasteiger partial charge in [-0.2, -0.15) is 4.98 Å². The maximum Gasteiger partial charge on any atom is 0.307 e. The van der Waals surface area contributed by atoms with Gasteiger partial charge >= 0.3 is 11.6 Å². The number of rotatable bonds is 44. The lowest BCUT2D eigenvalue weighted by molar-refractivity contribution is -0.680. The van der Waals surface area contributed by atoms with Crippen LogP contribution in [0.25, 0.3) is 22.3 Å². The Labute approximate surface area is 592 Å². The second-order valence-corrected chi connectivity index (χ2v) is 26.6. The maximum atomic E-state index is 11.5. The largest absolute Gasteiger partial charge is 0.463 e. The number of nitrogens with one attached hydrogen (secondary N) is 1. The fourth-order valence-electron chi connectivity index (χ4n) is 8.91. The number of ether oxygens (including phenoxy) is 1. The average Bonchev–Trinajstić information content (AvgIpc) is 1.70. The smallest absolute Gasteiger partial charge is 0.307 e. The Hall–Kier alpha value is -4.85. The van der Waals surface area contributed by atoms with Crippen LogP contribution in [0, 0.1) is 0 Å². The predicted octanol–water partition coefficient (Wildman–Crippen LogP) is 14.8. The first-order chi connectivity index (χ1) is 46.8. The predicted molar refractivity (Wildman–Crippen MR) is 402 cm³/mol. The fraction of sp³-hybridized carbons (Fsp3) is 0.743. The van der Waals surface area contributed by atoms with Crippen LogP contribution in [0.3, 0.4) is 0 Å². The van der Waals surface area contributed by atoms with Crippen LogP contribution in [-0.4, -0.2) is 142 Å². The number of carbonyl (C=O) groups is 3. The van der Waals surface area contributed by atoms with E-state index in [0.717, 1.165) is 69.0 Å². The minimum atomic E-state index is -0.507. The first-order valence-corrected chi connectivity index (χ1v) is 38.9. The number of carbonyl (C=O) groups excluding carboxylic acids is 3. The van der Waals surface area contributed by atoms with Crippen molar-refractivity contribution < 1.29 is 59.4 Å². The molecule has 0 aliphatic heterocycles. The van der Waals surface area contributed by atoms with Crippen molar-refractivity contribution in [2.24, 2.45) is 0 Å². The highest BCUT2D eigenvalue weighted by Gasteiger charge is 2.17. The summed E-state index contributed by atoms with van der Waals surface area (Å²) in [5, 5.41) is 64.7. The van der Waals surface area contributed by atoms with Crippen molar-refractivity contribution in [3.8, 4) is 0 Å². The molecule has 5 rings (SSSR count). The summed E-state index contributed by atoms with van der Waals surface area (Å²) in [5.74, 6) is 1.74. The highest BCUT2D eigenvalue weighted by Crippen LogP contribution is 2.19. The van der Waals surface area contributed by atoms with E-state index in [1.54, 1.807) is 17.2 Å². The number of aliphatic hydroxyl groups excluding tert-OH is 7. The molecule has 23 heteroatoms. The highest BCUT2D eigenvalue weighted by atomic mass is 32.2. The molecular formula is C74H135N10O11S2+. The Bertz CT molecular complexity index is 2470. The molecule has 0 saturated heterocycles. The van der Waals surface area contributed by atoms with Crippen LogP contribution in [0.5, 0.6) is 0 Å². The molecular weight excluding hydrogens is 1270 g/mol. The molecule has 4 aromatic heterocycles. The van der Waals surface area contributed by atoms with E-state index < -0.39 is 12.2 Å². The van der Waals surface area contributed by atoms with Crippen molar-refractivity contribution in [3.05, 3.63) is 61.2 Å². The molecule has 0 saturated carbocycles. The fourth-order valence-corrected chi connectivity index (χ4v) is 10.7. The summed E-state index contributed by atoms with van der Waals surface area (Å²) in [6.07, 6.45) is 39.7. The summed E-state index contributed by atoms with van der Waals surface area (Å²) < 4.78 is 8.59. The number of nitrogens with zero attached hydrogens (tertiary/aromatic N) is 7. The Morgan fingerprint density at radius 2 is 0.948 bits per heavy atom. The van der Waals surface area contributed by atoms with Crippen LogP contribution >= 0.6 is 23.5 Å². The SMILES string of the molecule is CCC(O)C[n+]1c[nH]c2c(N)ncnc21.CCC(O)Cn1cnc2c(N)ncnc21.CCC(O)c1ccccc1.CCCCCCCC(=O)SCC(O)CC.CCCCCCCCCCCC(=O)OCC(O)CC.CCCCCCCCCCCC(=O)SCC(O)CC.CCCO. The van der Waals surface area contributed by atoms with E-state index in [4.69, 9.17) is 21.3 Å². The summed E-state index contributed by atoms with van der Waals surface area (Å²) in [6, 6.07) is 9.70. The Morgan fingerprint density at radius 1 is 0.515 bits per heavy atom. The normalized spacial score (nSPS) is 12.6. The van der Waals surface area contributed by atoms with Gasteiger partial charge in [-0.3, -0.25) is 19.4 Å². The van der Waals surface area contributed by atoms with E-state index in [1.807, 2.05) is 83.4 Å². The van der Waals surface area contributed by atoms with E-state index in [2.05, 4.69) is 50.7 Å². The third-order valence-corrected chi connectivity index (χ3v) is 17.8. The lowest BCUT2D eigenvalue weighted by atomic mass is 10.1. The zero-order valence-corrected chi connectivity index (χ0v) is 63.2. The van der Waals surface area contributed by atoms with Gasteiger partial charge in [-0.15, -0.1) is 0 Å². The lowest BCUT2D eigenvalue weighted by Crippen LogP contribution is -2.38. The number of hydrogen-bond acceptors (Lipinski definition) is 20. The lowest BCUT2D eigenvalue weighted by Gasteiger charge is -2.08. The highest BCUT2D eigenvalue weighted by molar-refractivity contribution is 8.13. The van der Waals surface area contributed by atoms with Gasteiger partial charge in [0.2, 0.25) is 5.52 Å². The second kappa shape index (κ2) is 65.7. The van der Waals surface area contributed by atoms with Crippen molar-refractivity contribution in [2.75, 3.05) is 36.2 Å². The van der Waals surface area contributed by atoms with Gasteiger partial charge in [-0.1, -0.05) is 256 Å². The molecule has 4 heterocycles. The quantitative estimate of drug-likeness (QED) is 0.00984. The Balaban J connectivity index is 0. The second-order valence-electron chi connectivity index (χ2n) is 24.5. The standard InChI is InChI=1S/C16H32O3.C16H32O2S.C12H24O2S.2C9H13N5O.C9H12O.C3H8O/c2*1-3-5-6-7-8-9-10-11-12-13-16(18)19-14-15(17)4-2;1-3-5-6-7-8-9-12(14)15-10-11(13)4-2;2*1-2-6(15)3-14-5-13-7-8(10)11-4-12-9(7)14;1-2-9(10)8-6-4-3-5-7-8;1-2-3-4/h2*15,17H,3-14H2,1-2H3;11,13H,3-10H2,1-2H3;2*4-6,15H,2-3H2,1H3,(H2,10,11,12);3-7,9-10H,2H2,1H3;4H,2-3H2,1H3/p+1. The van der Waals surface area contributed by atoms with Crippen molar-refractivity contribution in [2.45, 2.75) is 331 Å². The van der Waals surface area contributed by atoms with E-state index in [0.29, 0.717) is 98.0 Å². The van der Waals surface area contributed by atoms with Crippen LogP contribution in [0.15, 0.2) is 55.6 Å². The van der Waals surface area contributed by atoms with E-state index in [-0.39, 0.29) is 47.2 Å². The van der Waals surface area contributed by atoms with Crippen LogP contribution in [-0.2, 0) is 32.2 Å². The van der Waals surface area contributed by atoms with E-state index >= 15 is 0 Å². The molecule has 0 spiro atoms. The molecule has 6 atom stereocenters. The van der Waals surface area contributed by atoms with E-state index in [9.17, 15) is 45.0 Å². The summed E-state index contributed by atoms with van der Waals surface area (Å²) in [5.41, 5.74) is 15.0. The van der Waals surface area contributed by atoms with Crippen LogP contribution in [0.1, 0.15) is 293 Å². The number of aromatic nitrogens is 8. The van der Waals surface area contributed by atoms with Crippen LogP contribution in [0.4, 0.5) is 11.6 Å². The number of fused-ring (bicyclic) bond motifs is 2. The third-order valence-electron chi connectivity index (χ3n) is 15.7. The Kier molecular flexibility index (Phi) is 63.8. The number of benzene rings is 1. The number of anilines is 2. The van der Waals surface area contributed by atoms with Crippen molar-refractivity contribution in [1.82, 2.24) is 34.5 Å². The number of aromatic amines is 1. The third kappa shape index (κ3) is 51.9. The first kappa shape index (κ1) is 94.2. The molecule has 0 bridgehead atoms. The van der Waals surface area contributed by atoms with Crippen LogP contribution < -0.4 is 16.0 Å². The summed E-state index contributed by atoms with van der Waals surface area (Å²) in [6.45, 7) is 21.6. The van der Waals surface area contributed by atoms with Crippen molar-refractivity contribution in [3.63, 3.8) is 0 Å². The number of imidazole rings is 2. The molecule has 97 heavy (non-hydrogen) atoms. The molecule has 558 valence electrons. The molecule has 21 nitrogen and oxygen atoms in total.